The van der Waals surface area contributed by atoms with Gasteiger partial charge in [0.05, 0.1) is 0 Å². The van der Waals surface area contributed by atoms with Gasteiger partial charge >= 0.3 is 0 Å². The zero-order chi connectivity index (χ0) is 15.5. The van der Waals surface area contributed by atoms with Gasteiger partial charge in [0, 0.05) is 36.4 Å². The first-order valence-corrected chi connectivity index (χ1v) is 8.00. The van der Waals surface area contributed by atoms with Gasteiger partial charge in [-0.05, 0) is 40.4 Å². The van der Waals surface area contributed by atoms with Crippen LogP contribution in [0.15, 0.2) is 22.9 Å². The van der Waals surface area contributed by atoms with Crippen LogP contribution in [0.5, 0.6) is 0 Å². The Hall–Kier alpha value is -1.43. The van der Waals surface area contributed by atoms with Crippen LogP contribution in [0.3, 0.4) is 0 Å². The maximum absolute atomic E-state index is 12.8. The van der Waals surface area contributed by atoms with Crippen molar-refractivity contribution in [3.05, 3.63) is 28.5 Å². The maximum Gasteiger partial charge on any atom is 0.248 e. The average Bonchev–Trinajstić information content (AvgIpc) is 2.59. The van der Waals surface area contributed by atoms with Gasteiger partial charge in [0.2, 0.25) is 11.8 Å². The molecule has 2 heterocycles. The fourth-order valence-corrected chi connectivity index (χ4v) is 3.08. The molecule has 0 unspecified atom stereocenters. The van der Waals surface area contributed by atoms with Crippen LogP contribution in [-0.2, 0) is 16.1 Å². The Kier molecular flexibility index (Phi) is 4.98. The third-order valence-corrected chi connectivity index (χ3v) is 4.46. The SMILES string of the molecule is CCC1(CC)NC(=O)CCN(Cc2cncc(Br)c2)C1=O. The van der Waals surface area contributed by atoms with E-state index in [1.165, 1.54) is 0 Å². The predicted molar refractivity (Wildman–Crippen MR) is 83.4 cm³/mol. The van der Waals surface area contributed by atoms with Gasteiger partial charge in [-0.3, -0.25) is 14.6 Å². The van der Waals surface area contributed by atoms with Crippen molar-refractivity contribution in [1.29, 1.82) is 0 Å². The summed E-state index contributed by atoms with van der Waals surface area (Å²) in [5.74, 6) is -0.0553. The number of aromatic nitrogens is 1. The number of rotatable bonds is 4. The smallest absolute Gasteiger partial charge is 0.248 e. The lowest BCUT2D eigenvalue weighted by Gasteiger charge is -2.33. The van der Waals surface area contributed by atoms with Crippen molar-refractivity contribution < 1.29 is 9.59 Å². The van der Waals surface area contributed by atoms with Crippen LogP contribution in [-0.4, -0.2) is 33.8 Å². The van der Waals surface area contributed by atoms with Crippen LogP contribution in [0.25, 0.3) is 0 Å². The summed E-state index contributed by atoms with van der Waals surface area (Å²) >= 11 is 3.38. The number of hydrogen-bond acceptors (Lipinski definition) is 3. The molecular formula is C15H20BrN3O2. The van der Waals surface area contributed by atoms with Crippen LogP contribution in [0.1, 0.15) is 38.7 Å². The molecule has 0 saturated carbocycles. The third-order valence-electron chi connectivity index (χ3n) is 4.03. The standard InChI is InChI=1S/C15H20BrN3O2/c1-3-15(4-2)14(21)19(6-5-13(20)18-15)10-11-7-12(16)9-17-8-11/h7-9H,3-6,10H2,1-2H3,(H,18,20). The second kappa shape index (κ2) is 6.56. The van der Waals surface area contributed by atoms with Crippen molar-refractivity contribution in [2.75, 3.05) is 6.54 Å². The van der Waals surface area contributed by atoms with E-state index in [4.69, 9.17) is 0 Å². The number of halogens is 1. The van der Waals surface area contributed by atoms with Gasteiger partial charge in [-0.1, -0.05) is 13.8 Å². The molecule has 21 heavy (non-hydrogen) atoms. The quantitative estimate of drug-likeness (QED) is 0.902. The summed E-state index contributed by atoms with van der Waals surface area (Å²) in [5.41, 5.74) is 0.181. The molecule has 0 spiro atoms. The summed E-state index contributed by atoms with van der Waals surface area (Å²) in [6.07, 6.45) is 5.00. The Bertz CT molecular complexity index is 543. The minimum absolute atomic E-state index is 0.00155. The first kappa shape index (κ1) is 15.9. The van der Waals surface area contributed by atoms with E-state index in [9.17, 15) is 9.59 Å². The predicted octanol–water partition coefficient (Wildman–Crippen LogP) is 2.25. The van der Waals surface area contributed by atoms with E-state index in [1.807, 2.05) is 19.9 Å². The number of pyridine rings is 1. The summed E-state index contributed by atoms with van der Waals surface area (Å²) in [7, 11) is 0. The summed E-state index contributed by atoms with van der Waals surface area (Å²) in [6.45, 7) is 4.79. The monoisotopic (exact) mass is 353 g/mol. The lowest BCUT2D eigenvalue weighted by atomic mass is 9.91. The molecule has 1 fully saturated rings. The molecule has 6 heteroatoms. The van der Waals surface area contributed by atoms with Gasteiger partial charge in [-0.25, -0.2) is 0 Å². The second-order valence-electron chi connectivity index (χ2n) is 5.33. The largest absolute Gasteiger partial charge is 0.342 e. The minimum Gasteiger partial charge on any atom is -0.342 e. The Morgan fingerprint density at radius 3 is 2.67 bits per heavy atom. The highest BCUT2D eigenvalue weighted by Crippen LogP contribution is 2.23. The van der Waals surface area contributed by atoms with E-state index >= 15 is 0 Å². The Morgan fingerprint density at radius 1 is 1.33 bits per heavy atom. The summed E-state index contributed by atoms with van der Waals surface area (Å²) in [4.78, 5) is 30.6. The molecule has 5 nitrogen and oxygen atoms in total. The zero-order valence-electron chi connectivity index (χ0n) is 12.4. The molecular weight excluding hydrogens is 334 g/mol. The molecule has 0 aromatic carbocycles. The number of amides is 2. The van der Waals surface area contributed by atoms with E-state index in [0.29, 0.717) is 32.4 Å². The van der Waals surface area contributed by atoms with Gasteiger partial charge in [-0.15, -0.1) is 0 Å². The van der Waals surface area contributed by atoms with E-state index in [2.05, 4.69) is 26.2 Å². The van der Waals surface area contributed by atoms with Crippen LogP contribution >= 0.6 is 15.9 Å². The van der Waals surface area contributed by atoms with Gasteiger partial charge < -0.3 is 10.2 Å². The van der Waals surface area contributed by atoms with Gasteiger partial charge in [0.15, 0.2) is 0 Å². The van der Waals surface area contributed by atoms with Crippen molar-refractivity contribution in [1.82, 2.24) is 15.2 Å². The van der Waals surface area contributed by atoms with Crippen molar-refractivity contribution in [2.45, 2.75) is 45.2 Å². The lowest BCUT2D eigenvalue weighted by Crippen LogP contribution is -2.56. The number of hydrogen-bond donors (Lipinski definition) is 1. The molecule has 1 aromatic heterocycles. The van der Waals surface area contributed by atoms with E-state index in [1.54, 1.807) is 17.3 Å². The van der Waals surface area contributed by atoms with Gasteiger partial charge in [0.1, 0.15) is 5.54 Å². The number of nitrogens with one attached hydrogen (secondary N) is 1. The summed E-state index contributed by atoms with van der Waals surface area (Å²) < 4.78 is 0.883. The molecule has 0 bridgehead atoms. The molecule has 2 rings (SSSR count). The first-order chi connectivity index (χ1) is 10.0. The molecule has 1 aromatic rings. The van der Waals surface area contributed by atoms with Crippen LogP contribution in [0, 0.1) is 0 Å². The highest BCUT2D eigenvalue weighted by Gasteiger charge is 2.41. The average molecular weight is 354 g/mol. The van der Waals surface area contributed by atoms with Gasteiger partial charge in [-0.2, -0.15) is 0 Å². The Morgan fingerprint density at radius 2 is 2.05 bits per heavy atom. The highest BCUT2D eigenvalue weighted by molar-refractivity contribution is 9.10. The summed E-state index contributed by atoms with van der Waals surface area (Å²) in [5, 5.41) is 2.91. The van der Waals surface area contributed by atoms with Crippen molar-refractivity contribution in [3.8, 4) is 0 Å². The zero-order valence-corrected chi connectivity index (χ0v) is 13.9. The Balaban J connectivity index is 2.25. The number of carbonyl (C=O) groups is 2. The molecule has 0 atom stereocenters. The fraction of sp³-hybridized carbons (Fsp3) is 0.533. The third kappa shape index (κ3) is 3.43. The number of nitrogens with zero attached hydrogens (tertiary/aromatic N) is 2. The van der Waals surface area contributed by atoms with E-state index in [0.717, 1.165) is 10.0 Å². The molecule has 2 amide bonds. The molecule has 0 aliphatic carbocycles. The second-order valence-corrected chi connectivity index (χ2v) is 6.24. The highest BCUT2D eigenvalue weighted by atomic mass is 79.9. The molecule has 1 N–H and O–H groups in total. The van der Waals surface area contributed by atoms with Crippen LogP contribution in [0.2, 0.25) is 0 Å². The first-order valence-electron chi connectivity index (χ1n) is 7.20. The van der Waals surface area contributed by atoms with E-state index in [-0.39, 0.29) is 11.8 Å². The summed E-state index contributed by atoms with van der Waals surface area (Å²) in [6, 6.07) is 1.94. The van der Waals surface area contributed by atoms with Crippen LogP contribution in [0.4, 0.5) is 0 Å². The normalized spacial score (nSPS) is 18.3. The molecule has 114 valence electrons. The maximum atomic E-state index is 12.8. The molecule has 1 saturated heterocycles. The molecule has 1 aliphatic heterocycles. The molecule has 0 radical (unpaired) electrons. The fourth-order valence-electron chi connectivity index (χ4n) is 2.67. The lowest BCUT2D eigenvalue weighted by molar-refractivity contribution is -0.139. The van der Waals surface area contributed by atoms with Crippen molar-refractivity contribution in [2.24, 2.45) is 0 Å². The van der Waals surface area contributed by atoms with Crippen LogP contribution < -0.4 is 5.32 Å². The minimum atomic E-state index is -0.771. The molecule has 1 aliphatic rings. The van der Waals surface area contributed by atoms with Crippen molar-refractivity contribution in [3.63, 3.8) is 0 Å². The Labute approximate surface area is 133 Å². The topological polar surface area (TPSA) is 62.3 Å². The van der Waals surface area contributed by atoms with Crippen molar-refractivity contribution >= 4 is 27.7 Å². The van der Waals surface area contributed by atoms with E-state index < -0.39 is 5.54 Å². The number of carbonyl (C=O) groups excluding carboxylic acids is 2. The van der Waals surface area contributed by atoms with Gasteiger partial charge in [0.25, 0.3) is 0 Å².